The van der Waals surface area contributed by atoms with Crippen LogP contribution in [0.1, 0.15) is 17.8 Å². The largest absolute Gasteiger partial charge is 0.411 e. The highest BCUT2D eigenvalue weighted by Crippen LogP contribution is 2.24. The van der Waals surface area contributed by atoms with Crippen molar-refractivity contribution < 1.29 is 9.60 Å². The molecule has 0 spiro atoms. The molecule has 0 saturated heterocycles. The van der Waals surface area contributed by atoms with Gasteiger partial charge >= 0.3 is 0 Å². The highest BCUT2D eigenvalue weighted by molar-refractivity contribution is 5.91. The van der Waals surface area contributed by atoms with Crippen molar-refractivity contribution in [3.63, 3.8) is 0 Å². The minimum absolute atomic E-state index is 0.300. The Bertz CT molecular complexity index is 971. The Morgan fingerprint density at radius 3 is 2.96 bits per heavy atom. The van der Waals surface area contributed by atoms with E-state index in [0.717, 1.165) is 0 Å². The number of hydrogen-bond donors (Lipinski definition) is 2. The van der Waals surface area contributed by atoms with Crippen LogP contribution in [0.2, 0.25) is 0 Å². The number of nitrogens with one attached hydrogen (secondary N) is 1. The number of halogens is 1. The molecule has 2 N–H and O–H groups in total. The minimum Gasteiger partial charge on any atom is -0.411 e. The maximum atomic E-state index is 14.0. The SMILES string of the molecule is O/N=C\c1cccc(C#CCCNc2ccnc3cccc(F)c23)n1. The molecule has 5 nitrogen and oxygen atoms in total. The lowest BCUT2D eigenvalue weighted by molar-refractivity contribution is 0.321. The number of benzene rings is 1. The average Bonchev–Trinajstić information content (AvgIpc) is 2.62. The topological polar surface area (TPSA) is 70.4 Å². The normalized spacial score (nSPS) is 10.6. The zero-order valence-corrected chi connectivity index (χ0v) is 13.3. The number of oxime groups is 1. The van der Waals surface area contributed by atoms with Gasteiger partial charge in [0.1, 0.15) is 11.5 Å². The van der Waals surface area contributed by atoms with Crippen molar-refractivity contribution in [1.29, 1.82) is 0 Å². The third-order valence-electron chi connectivity index (χ3n) is 3.46. The van der Waals surface area contributed by atoms with E-state index in [9.17, 15) is 4.39 Å². The summed E-state index contributed by atoms with van der Waals surface area (Å²) in [5, 5.41) is 15.1. The summed E-state index contributed by atoms with van der Waals surface area (Å²) in [5.74, 6) is 5.66. The van der Waals surface area contributed by atoms with E-state index in [2.05, 4.69) is 32.3 Å². The monoisotopic (exact) mass is 334 g/mol. The van der Waals surface area contributed by atoms with E-state index in [1.165, 1.54) is 12.3 Å². The van der Waals surface area contributed by atoms with Gasteiger partial charge in [-0.25, -0.2) is 9.37 Å². The van der Waals surface area contributed by atoms with Gasteiger partial charge in [-0.05, 0) is 36.3 Å². The first kappa shape index (κ1) is 16.4. The maximum Gasteiger partial charge on any atom is 0.134 e. The number of pyridine rings is 2. The lowest BCUT2D eigenvalue weighted by atomic mass is 10.1. The molecule has 1 aromatic carbocycles. The second kappa shape index (κ2) is 7.88. The summed E-state index contributed by atoms with van der Waals surface area (Å²) in [6.07, 6.45) is 3.46. The van der Waals surface area contributed by atoms with Crippen LogP contribution >= 0.6 is 0 Å². The molecule has 0 atom stereocenters. The van der Waals surface area contributed by atoms with Crippen molar-refractivity contribution in [2.75, 3.05) is 11.9 Å². The highest BCUT2D eigenvalue weighted by atomic mass is 19.1. The molecule has 0 unspecified atom stereocenters. The first-order valence-corrected chi connectivity index (χ1v) is 7.68. The average molecular weight is 334 g/mol. The third kappa shape index (κ3) is 4.09. The van der Waals surface area contributed by atoms with Crippen LogP contribution in [0.15, 0.2) is 53.8 Å². The summed E-state index contributed by atoms with van der Waals surface area (Å²) in [5.41, 5.74) is 2.44. The van der Waals surface area contributed by atoms with Gasteiger partial charge in [-0.3, -0.25) is 4.98 Å². The zero-order valence-electron chi connectivity index (χ0n) is 13.3. The molecular formula is C19H15FN4O. The Balaban J connectivity index is 1.64. The molecule has 0 aliphatic rings. The number of aromatic nitrogens is 2. The number of hydrogen-bond acceptors (Lipinski definition) is 5. The van der Waals surface area contributed by atoms with Crippen molar-refractivity contribution in [2.24, 2.45) is 5.16 Å². The summed E-state index contributed by atoms with van der Waals surface area (Å²) in [6.45, 7) is 0.568. The molecule has 25 heavy (non-hydrogen) atoms. The second-order valence-electron chi connectivity index (χ2n) is 5.16. The summed E-state index contributed by atoms with van der Waals surface area (Å²) >= 11 is 0. The van der Waals surface area contributed by atoms with Gasteiger partial charge in [0.2, 0.25) is 0 Å². The van der Waals surface area contributed by atoms with Gasteiger partial charge in [0, 0.05) is 24.8 Å². The fourth-order valence-corrected chi connectivity index (χ4v) is 2.37. The summed E-state index contributed by atoms with van der Waals surface area (Å²) in [7, 11) is 0. The van der Waals surface area contributed by atoms with E-state index >= 15 is 0 Å². The lowest BCUT2D eigenvalue weighted by Crippen LogP contribution is -2.02. The summed E-state index contributed by atoms with van der Waals surface area (Å²) in [4.78, 5) is 8.38. The molecule has 0 aliphatic heterocycles. The quantitative estimate of drug-likeness (QED) is 0.252. The molecule has 3 rings (SSSR count). The van der Waals surface area contributed by atoms with E-state index < -0.39 is 0 Å². The van der Waals surface area contributed by atoms with Crippen LogP contribution in [0.3, 0.4) is 0 Å². The van der Waals surface area contributed by atoms with Crippen LogP contribution < -0.4 is 5.32 Å². The van der Waals surface area contributed by atoms with E-state index in [1.807, 2.05) is 0 Å². The Hall–Kier alpha value is -3.46. The molecule has 3 aromatic rings. The van der Waals surface area contributed by atoms with Gasteiger partial charge in [-0.1, -0.05) is 23.2 Å². The molecule has 6 heteroatoms. The maximum absolute atomic E-state index is 14.0. The van der Waals surface area contributed by atoms with E-state index in [4.69, 9.17) is 5.21 Å². The van der Waals surface area contributed by atoms with Crippen molar-refractivity contribution in [2.45, 2.75) is 6.42 Å². The predicted octanol–water partition coefficient (Wildman–Crippen LogP) is 3.43. The second-order valence-corrected chi connectivity index (χ2v) is 5.16. The molecule has 0 saturated carbocycles. The van der Waals surface area contributed by atoms with Crippen LogP contribution in [-0.4, -0.2) is 27.9 Å². The smallest absolute Gasteiger partial charge is 0.134 e. The first-order chi connectivity index (χ1) is 12.3. The van der Waals surface area contributed by atoms with Gasteiger partial charge in [0.25, 0.3) is 0 Å². The predicted molar refractivity (Wildman–Crippen MR) is 95.3 cm³/mol. The number of nitrogens with zero attached hydrogens (tertiary/aromatic N) is 3. The molecule has 2 heterocycles. The molecule has 2 aromatic heterocycles. The summed E-state index contributed by atoms with van der Waals surface area (Å²) < 4.78 is 14.0. The van der Waals surface area contributed by atoms with Crippen LogP contribution in [0.4, 0.5) is 10.1 Å². The molecular weight excluding hydrogens is 319 g/mol. The Morgan fingerprint density at radius 1 is 1.20 bits per heavy atom. The summed E-state index contributed by atoms with van der Waals surface area (Å²) in [6, 6.07) is 11.9. The zero-order chi connectivity index (χ0) is 17.5. The fraction of sp³-hybridized carbons (Fsp3) is 0.105. The minimum atomic E-state index is -0.300. The van der Waals surface area contributed by atoms with Gasteiger partial charge in [0.15, 0.2) is 0 Å². The van der Waals surface area contributed by atoms with Gasteiger partial charge in [-0.15, -0.1) is 0 Å². The standard InChI is InChI=1S/C19H15FN4O/c20-16-8-4-9-17-19(16)18(10-12-22-17)21-11-2-1-5-14-6-3-7-15(24-14)13-23-25/h3-4,6-10,12-13,25H,2,11H2,(H,21,22)/b23-13-. The van der Waals surface area contributed by atoms with Crippen molar-refractivity contribution in [3.05, 3.63) is 65.9 Å². The number of anilines is 1. The highest BCUT2D eigenvalue weighted by Gasteiger charge is 2.06. The first-order valence-electron chi connectivity index (χ1n) is 7.68. The Kier molecular flexibility index (Phi) is 5.17. The van der Waals surface area contributed by atoms with Crippen LogP contribution in [-0.2, 0) is 0 Å². The molecule has 0 bridgehead atoms. The number of fused-ring (bicyclic) bond motifs is 1. The van der Waals surface area contributed by atoms with Crippen LogP contribution in [0.5, 0.6) is 0 Å². The Morgan fingerprint density at radius 2 is 2.08 bits per heavy atom. The van der Waals surface area contributed by atoms with E-state index in [0.29, 0.717) is 40.9 Å². The number of rotatable bonds is 4. The van der Waals surface area contributed by atoms with Crippen LogP contribution in [0.25, 0.3) is 10.9 Å². The molecule has 0 amide bonds. The third-order valence-corrected chi connectivity index (χ3v) is 3.46. The van der Waals surface area contributed by atoms with Gasteiger partial charge in [0.05, 0.1) is 22.8 Å². The Labute approximate surface area is 144 Å². The molecule has 0 fully saturated rings. The van der Waals surface area contributed by atoms with Gasteiger partial charge < -0.3 is 10.5 Å². The van der Waals surface area contributed by atoms with E-state index in [1.54, 1.807) is 42.6 Å². The molecule has 0 aliphatic carbocycles. The lowest BCUT2D eigenvalue weighted by Gasteiger charge is -2.08. The van der Waals surface area contributed by atoms with Crippen molar-refractivity contribution in [3.8, 4) is 11.8 Å². The van der Waals surface area contributed by atoms with Gasteiger partial charge in [-0.2, -0.15) is 0 Å². The van der Waals surface area contributed by atoms with E-state index in [-0.39, 0.29) is 5.82 Å². The fourth-order valence-electron chi connectivity index (χ4n) is 2.37. The van der Waals surface area contributed by atoms with Crippen LogP contribution in [0, 0.1) is 17.7 Å². The van der Waals surface area contributed by atoms with Crippen molar-refractivity contribution >= 4 is 22.8 Å². The molecule has 124 valence electrons. The molecule has 0 radical (unpaired) electrons. The van der Waals surface area contributed by atoms with Crippen molar-refractivity contribution in [1.82, 2.24) is 9.97 Å².